The first kappa shape index (κ1) is 24.9. The number of nitrogens with one attached hydrogen (secondary N) is 2. The Balaban J connectivity index is 0.00000320. The maximum absolute atomic E-state index is 12.4. The van der Waals surface area contributed by atoms with Crippen molar-refractivity contribution in [3.63, 3.8) is 0 Å². The predicted molar refractivity (Wildman–Crippen MR) is 134 cm³/mol. The van der Waals surface area contributed by atoms with E-state index in [9.17, 15) is 4.79 Å². The van der Waals surface area contributed by atoms with E-state index in [-0.39, 0.29) is 29.9 Å². The van der Waals surface area contributed by atoms with E-state index in [1.54, 1.807) is 7.05 Å². The highest BCUT2D eigenvalue weighted by Gasteiger charge is 2.24. The molecule has 1 aromatic carbocycles. The minimum absolute atomic E-state index is 0. The van der Waals surface area contributed by atoms with Gasteiger partial charge in [0.15, 0.2) is 5.96 Å². The van der Waals surface area contributed by atoms with Crippen LogP contribution in [0.25, 0.3) is 0 Å². The number of rotatable bonds is 7. The highest BCUT2D eigenvalue weighted by Crippen LogP contribution is 2.19. The van der Waals surface area contributed by atoms with Crippen molar-refractivity contribution in [2.45, 2.75) is 51.6 Å². The minimum Gasteiger partial charge on any atom is -0.356 e. The van der Waals surface area contributed by atoms with Gasteiger partial charge in [0.25, 0.3) is 0 Å². The van der Waals surface area contributed by atoms with Crippen LogP contribution in [0, 0.1) is 5.92 Å². The van der Waals surface area contributed by atoms with E-state index in [1.807, 2.05) is 4.90 Å². The summed E-state index contributed by atoms with van der Waals surface area (Å²) in [6.45, 7) is 7.71. The Labute approximate surface area is 198 Å². The van der Waals surface area contributed by atoms with Gasteiger partial charge in [-0.2, -0.15) is 0 Å². The number of aliphatic imine (C=N–C) groups is 1. The second kappa shape index (κ2) is 13.1. The van der Waals surface area contributed by atoms with Crippen LogP contribution in [0.5, 0.6) is 0 Å². The molecule has 1 amide bonds. The third-order valence-corrected chi connectivity index (χ3v) is 6.10. The fourth-order valence-electron chi connectivity index (χ4n) is 4.45. The fourth-order valence-corrected chi connectivity index (χ4v) is 4.45. The molecule has 2 aliphatic heterocycles. The maximum atomic E-state index is 12.4. The molecular weight excluding hydrogens is 489 g/mol. The first-order valence-corrected chi connectivity index (χ1v) is 11.2. The summed E-state index contributed by atoms with van der Waals surface area (Å²) in [7, 11) is 1.79. The molecule has 168 valence electrons. The summed E-state index contributed by atoms with van der Waals surface area (Å²) < 4.78 is 0. The van der Waals surface area contributed by atoms with Crippen LogP contribution in [-0.4, -0.2) is 67.5 Å². The molecule has 3 rings (SSSR count). The van der Waals surface area contributed by atoms with Crippen molar-refractivity contribution < 1.29 is 4.79 Å². The monoisotopic (exact) mass is 527 g/mol. The molecule has 0 aromatic heterocycles. The molecule has 6 nitrogen and oxygen atoms in total. The average Bonchev–Trinajstić information content (AvgIpc) is 3.18. The molecular formula is C23H38IN5O. The van der Waals surface area contributed by atoms with Crippen LogP contribution in [0.4, 0.5) is 0 Å². The van der Waals surface area contributed by atoms with Gasteiger partial charge in [0.1, 0.15) is 0 Å². The molecule has 0 bridgehead atoms. The molecule has 2 fully saturated rings. The second-order valence-corrected chi connectivity index (χ2v) is 8.47. The molecule has 7 heteroatoms. The van der Waals surface area contributed by atoms with E-state index in [2.05, 4.69) is 57.8 Å². The summed E-state index contributed by atoms with van der Waals surface area (Å²) in [4.78, 5) is 21.3. The van der Waals surface area contributed by atoms with Gasteiger partial charge in [-0.05, 0) is 43.7 Å². The standard InChI is InChI=1S/C23H37N5O.HI/c1-19-8-6-15-28(17-19)22(29)12-13-25-23(24-2)26-16-21-11-7-14-27(21)18-20-9-4-3-5-10-20;/h3-5,9-10,19,21H,6-8,11-18H2,1-2H3,(H2,24,25,26);1H. The number of likely N-dealkylation sites (tertiary alicyclic amines) is 2. The van der Waals surface area contributed by atoms with Gasteiger partial charge >= 0.3 is 0 Å². The molecule has 2 aliphatic rings. The third kappa shape index (κ3) is 7.72. The summed E-state index contributed by atoms with van der Waals surface area (Å²) in [5, 5.41) is 6.77. The zero-order chi connectivity index (χ0) is 20.5. The Morgan fingerprint density at radius 1 is 1.13 bits per heavy atom. The number of hydrogen-bond donors (Lipinski definition) is 2. The van der Waals surface area contributed by atoms with Gasteiger partial charge in [-0.15, -0.1) is 24.0 Å². The van der Waals surface area contributed by atoms with Gasteiger partial charge in [-0.3, -0.25) is 14.7 Å². The summed E-state index contributed by atoms with van der Waals surface area (Å²) in [5.74, 6) is 1.67. The number of nitrogens with zero attached hydrogens (tertiary/aromatic N) is 3. The lowest BCUT2D eigenvalue weighted by Gasteiger charge is -2.31. The van der Waals surface area contributed by atoms with Gasteiger partial charge in [-0.1, -0.05) is 37.3 Å². The summed E-state index contributed by atoms with van der Waals surface area (Å²) in [6.07, 6.45) is 5.35. The van der Waals surface area contributed by atoms with Gasteiger partial charge < -0.3 is 15.5 Å². The molecule has 0 aliphatic carbocycles. The zero-order valence-corrected chi connectivity index (χ0v) is 20.8. The molecule has 1 aromatic rings. The van der Waals surface area contributed by atoms with Gasteiger partial charge in [0.2, 0.25) is 5.91 Å². The largest absolute Gasteiger partial charge is 0.356 e. The van der Waals surface area contributed by atoms with Crippen molar-refractivity contribution in [1.29, 1.82) is 0 Å². The Morgan fingerprint density at radius 3 is 2.63 bits per heavy atom. The summed E-state index contributed by atoms with van der Waals surface area (Å²) >= 11 is 0. The molecule has 0 radical (unpaired) electrons. The molecule has 30 heavy (non-hydrogen) atoms. The average molecular weight is 527 g/mol. The van der Waals surface area contributed by atoms with Crippen molar-refractivity contribution in [3.05, 3.63) is 35.9 Å². The Morgan fingerprint density at radius 2 is 1.90 bits per heavy atom. The van der Waals surface area contributed by atoms with Crippen LogP contribution >= 0.6 is 24.0 Å². The normalized spacial score (nSPS) is 22.5. The maximum Gasteiger partial charge on any atom is 0.224 e. The van der Waals surface area contributed by atoms with Crippen molar-refractivity contribution in [2.24, 2.45) is 10.9 Å². The summed E-state index contributed by atoms with van der Waals surface area (Å²) in [6, 6.07) is 11.2. The van der Waals surface area contributed by atoms with E-state index in [4.69, 9.17) is 0 Å². The Bertz CT molecular complexity index is 669. The number of amides is 1. The van der Waals surface area contributed by atoms with Crippen LogP contribution in [0.1, 0.15) is 44.6 Å². The third-order valence-electron chi connectivity index (χ3n) is 6.10. The number of guanidine groups is 1. The number of carbonyl (C=O) groups is 1. The van der Waals surface area contributed by atoms with E-state index in [1.165, 1.54) is 24.8 Å². The number of hydrogen-bond acceptors (Lipinski definition) is 3. The highest BCUT2D eigenvalue weighted by atomic mass is 127. The molecule has 0 saturated carbocycles. The number of halogens is 1. The molecule has 0 spiro atoms. The van der Waals surface area contributed by atoms with Gasteiger partial charge in [-0.25, -0.2) is 0 Å². The van der Waals surface area contributed by atoms with Crippen molar-refractivity contribution in [2.75, 3.05) is 39.8 Å². The molecule has 2 N–H and O–H groups in total. The van der Waals surface area contributed by atoms with Crippen molar-refractivity contribution >= 4 is 35.8 Å². The molecule has 2 unspecified atom stereocenters. The highest BCUT2D eigenvalue weighted by molar-refractivity contribution is 14.0. The van der Waals surface area contributed by atoms with Crippen molar-refractivity contribution in [3.8, 4) is 0 Å². The van der Waals surface area contributed by atoms with Crippen molar-refractivity contribution in [1.82, 2.24) is 20.4 Å². The lowest BCUT2D eigenvalue weighted by Crippen LogP contribution is -2.46. The quantitative estimate of drug-likeness (QED) is 0.325. The topological polar surface area (TPSA) is 60.0 Å². The molecule has 2 saturated heterocycles. The molecule has 2 heterocycles. The first-order valence-electron chi connectivity index (χ1n) is 11.2. The predicted octanol–water partition coefficient (Wildman–Crippen LogP) is 3.08. The smallest absolute Gasteiger partial charge is 0.224 e. The van der Waals surface area contributed by atoms with E-state index in [0.717, 1.165) is 45.1 Å². The lowest BCUT2D eigenvalue weighted by molar-refractivity contribution is -0.132. The Hall–Kier alpha value is -1.35. The summed E-state index contributed by atoms with van der Waals surface area (Å²) in [5.41, 5.74) is 1.37. The lowest BCUT2D eigenvalue weighted by atomic mass is 10.00. The van der Waals surface area contributed by atoms with E-state index < -0.39 is 0 Å². The fraction of sp³-hybridized carbons (Fsp3) is 0.652. The van der Waals surface area contributed by atoms with E-state index in [0.29, 0.717) is 24.9 Å². The SMILES string of the molecule is CN=C(NCCC(=O)N1CCCC(C)C1)NCC1CCCN1Cc1ccccc1.I. The van der Waals surface area contributed by atoms with Crippen LogP contribution in [0.2, 0.25) is 0 Å². The first-order chi connectivity index (χ1) is 14.2. The second-order valence-electron chi connectivity index (χ2n) is 8.47. The van der Waals surface area contributed by atoms with Crippen LogP contribution < -0.4 is 10.6 Å². The molecule has 2 atom stereocenters. The van der Waals surface area contributed by atoms with Gasteiger partial charge in [0, 0.05) is 52.2 Å². The van der Waals surface area contributed by atoms with Crippen LogP contribution in [0.3, 0.4) is 0 Å². The van der Waals surface area contributed by atoms with Gasteiger partial charge in [0.05, 0.1) is 0 Å². The Kier molecular flexibility index (Phi) is 10.9. The minimum atomic E-state index is 0. The number of carbonyl (C=O) groups excluding carboxylic acids is 1. The number of piperidine rings is 1. The van der Waals surface area contributed by atoms with Crippen LogP contribution in [0.15, 0.2) is 35.3 Å². The van der Waals surface area contributed by atoms with E-state index >= 15 is 0 Å². The number of benzene rings is 1. The van der Waals surface area contributed by atoms with Crippen LogP contribution in [-0.2, 0) is 11.3 Å². The zero-order valence-electron chi connectivity index (χ0n) is 18.5.